The van der Waals surface area contributed by atoms with Crippen LogP contribution in [0.25, 0.3) is 21.5 Å². The lowest BCUT2D eigenvalue weighted by atomic mass is 10.1. The molecule has 0 unspecified atom stereocenters. The molecule has 2 amide bonds. The number of para-hydroxylation sites is 1. The number of benzene rings is 1. The Morgan fingerprint density at radius 2 is 1.83 bits per heavy atom. The number of hydrogen-bond acceptors (Lipinski definition) is 6. The number of fused-ring (bicyclic) bond motifs is 1. The first-order chi connectivity index (χ1) is 14.4. The predicted octanol–water partition coefficient (Wildman–Crippen LogP) is 4.93. The van der Waals surface area contributed by atoms with Crippen molar-refractivity contribution in [3.8, 4) is 10.6 Å². The minimum Gasteiger partial charge on any atom is -0.351 e. The summed E-state index contributed by atoms with van der Waals surface area (Å²) in [6.45, 7) is 5.87. The number of amides is 2. The molecule has 6 nitrogen and oxygen atoms in total. The highest BCUT2D eigenvalue weighted by Gasteiger charge is 2.17. The maximum absolute atomic E-state index is 13.0. The van der Waals surface area contributed by atoms with Crippen LogP contribution in [0.1, 0.15) is 32.7 Å². The monoisotopic (exact) mass is 436 g/mol. The standard InChI is InChI=1S/C22H20N4O2S2/c1-12-10-17(16-6-4-5-7-18(16)24-12)21(28)26-22-25-20(13(2)29-22)19-9-8-15(30-19)11-23-14(3)27/h4-10H,11H2,1-3H3,(H,23,27)(H,25,26,28). The molecule has 0 spiro atoms. The molecule has 0 aliphatic heterocycles. The molecule has 4 rings (SSSR count). The molecule has 2 N–H and O–H groups in total. The third-order valence-corrected chi connectivity index (χ3v) is 6.49. The number of rotatable bonds is 5. The van der Waals surface area contributed by atoms with Crippen molar-refractivity contribution in [3.63, 3.8) is 0 Å². The van der Waals surface area contributed by atoms with Crippen LogP contribution in [-0.2, 0) is 11.3 Å². The van der Waals surface area contributed by atoms with E-state index in [9.17, 15) is 9.59 Å². The smallest absolute Gasteiger partial charge is 0.258 e. The van der Waals surface area contributed by atoms with Gasteiger partial charge in [-0.15, -0.1) is 22.7 Å². The third-order valence-electron chi connectivity index (χ3n) is 4.51. The van der Waals surface area contributed by atoms with Gasteiger partial charge < -0.3 is 5.32 Å². The van der Waals surface area contributed by atoms with Gasteiger partial charge in [0.2, 0.25) is 5.91 Å². The number of aryl methyl sites for hydroxylation is 2. The molecule has 30 heavy (non-hydrogen) atoms. The zero-order valence-corrected chi connectivity index (χ0v) is 18.4. The van der Waals surface area contributed by atoms with Gasteiger partial charge in [-0.05, 0) is 38.1 Å². The summed E-state index contributed by atoms with van der Waals surface area (Å²) in [5, 5.41) is 7.12. The van der Waals surface area contributed by atoms with Gasteiger partial charge in [-0.2, -0.15) is 0 Å². The molecule has 4 aromatic rings. The number of nitrogens with zero attached hydrogens (tertiary/aromatic N) is 2. The average molecular weight is 437 g/mol. The fourth-order valence-corrected chi connectivity index (χ4v) is 5.03. The van der Waals surface area contributed by atoms with E-state index in [4.69, 9.17) is 0 Å². The molecule has 0 saturated carbocycles. The summed E-state index contributed by atoms with van der Waals surface area (Å²) >= 11 is 3.03. The van der Waals surface area contributed by atoms with Crippen LogP contribution in [0, 0.1) is 13.8 Å². The second-order valence-electron chi connectivity index (χ2n) is 6.88. The van der Waals surface area contributed by atoms with E-state index in [1.54, 1.807) is 17.4 Å². The van der Waals surface area contributed by atoms with Crippen LogP contribution in [0.5, 0.6) is 0 Å². The van der Waals surface area contributed by atoms with Crippen LogP contribution >= 0.6 is 22.7 Å². The van der Waals surface area contributed by atoms with Crippen molar-refractivity contribution in [2.45, 2.75) is 27.3 Å². The fraction of sp³-hybridized carbons (Fsp3) is 0.182. The van der Waals surface area contributed by atoms with E-state index in [1.165, 1.54) is 18.3 Å². The van der Waals surface area contributed by atoms with Crippen molar-refractivity contribution in [1.29, 1.82) is 0 Å². The average Bonchev–Trinajstić information content (AvgIpc) is 3.31. The Labute approximate surface area is 182 Å². The summed E-state index contributed by atoms with van der Waals surface area (Å²) in [6, 6.07) is 13.4. The van der Waals surface area contributed by atoms with Gasteiger partial charge in [0.05, 0.1) is 28.2 Å². The SMILES string of the molecule is CC(=O)NCc1ccc(-c2nc(NC(=O)c3cc(C)nc4ccccc34)sc2C)s1. The summed E-state index contributed by atoms with van der Waals surface area (Å²) in [7, 11) is 0. The molecule has 0 radical (unpaired) electrons. The zero-order valence-electron chi connectivity index (χ0n) is 16.8. The summed E-state index contributed by atoms with van der Waals surface area (Å²) in [4.78, 5) is 36.3. The highest BCUT2D eigenvalue weighted by Crippen LogP contribution is 2.35. The number of anilines is 1. The van der Waals surface area contributed by atoms with Crippen LogP contribution in [0.15, 0.2) is 42.5 Å². The van der Waals surface area contributed by atoms with Crippen molar-refractivity contribution in [1.82, 2.24) is 15.3 Å². The normalized spacial score (nSPS) is 10.9. The van der Waals surface area contributed by atoms with Gasteiger partial charge in [0.25, 0.3) is 5.91 Å². The van der Waals surface area contributed by atoms with Crippen LogP contribution < -0.4 is 10.6 Å². The minimum atomic E-state index is -0.200. The second kappa shape index (κ2) is 8.33. The Balaban J connectivity index is 1.57. The summed E-state index contributed by atoms with van der Waals surface area (Å²) in [5.74, 6) is -0.256. The van der Waals surface area contributed by atoms with Crippen molar-refractivity contribution < 1.29 is 9.59 Å². The maximum Gasteiger partial charge on any atom is 0.258 e. The third kappa shape index (κ3) is 4.24. The number of nitrogens with one attached hydrogen (secondary N) is 2. The molecule has 1 aromatic carbocycles. The van der Waals surface area contributed by atoms with Gasteiger partial charge in [-0.3, -0.25) is 19.9 Å². The molecule has 0 bridgehead atoms. The number of aromatic nitrogens is 2. The Morgan fingerprint density at radius 1 is 1.03 bits per heavy atom. The first kappa shape index (κ1) is 20.2. The lowest BCUT2D eigenvalue weighted by Crippen LogP contribution is -2.17. The molecule has 8 heteroatoms. The quantitative estimate of drug-likeness (QED) is 0.465. The number of carbonyl (C=O) groups excluding carboxylic acids is 2. The fourth-order valence-electron chi connectivity index (χ4n) is 3.15. The Bertz CT molecular complexity index is 1260. The van der Waals surface area contributed by atoms with E-state index < -0.39 is 0 Å². The molecule has 3 heterocycles. The van der Waals surface area contributed by atoms with Crippen LogP contribution in [0.4, 0.5) is 5.13 Å². The molecular formula is C22H20N4O2S2. The minimum absolute atomic E-state index is 0.0568. The first-order valence-corrected chi connectivity index (χ1v) is 11.0. The van der Waals surface area contributed by atoms with Gasteiger partial charge in [-0.25, -0.2) is 4.98 Å². The van der Waals surface area contributed by atoms with Crippen molar-refractivity contribution in [2.24, 2.45) is 0 Å². The molecule has 3 aromatic heterocycles. The highest BCUT2D eigenvalue weighted by molar-refractivity contribution is 7.18. The summed E-state index contributed by atoms with van der Waals surface area (Å²) < 4.78 is 0. The van der Waals surface area contributed by atoms with Gasteiger partial charge in [0.15, 0.2) is 5.13 Å². The molecular weight excluding hydrogens is 416 g/mol. The van der Waals surface area contributed by atoms with Crippen LogP contribution in [-0.4, -0.2) is 21.8 Å². The van der Waals surface area contributed by atoms with Gasteiger partial charge in [0.1, 0.15) is 0 Å². The lowest BCUT2D eigenvalue weighted by Gasteiger charge is -2.07. The van der Waals surface area contributed by atoms with E-state index in [0.717, 1.165) is 36.9 Å². The number of thiazole rings is 1. The van der Waals surface area contributed by atoms with Crippen molar-refractivity contribution in [2.75, 3.05) is 5.32 Å². The first-order valence-electron chi connectivity index (χ1n) is 9.39. The second-order valence-corrected chi connectivity index (χ2v) is 9.25. The maximum atomic E-state index is 13.0. The van der Waals surface area contributed by atoms with Gasteiger partial charge in [0, 0.05) is 27.8 Å². The number of thiophene rings is 1. The number of carbonyl (C=O) groups is 2. The van der Waals surface area contributed by atoms with E-state index in [2.05, 4.69) is 20.6 Å². The number of hydrogen-bond donors (Lipinski definition) is 2. The molecule has 0 saturated heterocycles. The van der Waals surface area contributed by atoms with E-state index >= 15 is 0 Å². The van der Waals surface area contributed by atoms with Crippen LogP contribution in [0.2, 0.25) is 0 Å². The van der Waals surface area contributed by atoms with Gasteiger partial charge in [-0.1, -0.05) is 18.2 Å². The summed E-state index contributed by atoms with van der Waals surface area (Å²) in [5.41, 5.74) is 3.02. The Kier molecular flexibility index (Phi) is 5.61. The van der Waals surface area contributed by atoms with E-state index in [-0.39, 0.29) is 11.8 Å². The zero-order chi connectivity index (χ0) is 21.3. The Morgan fingerprint density at radius 3 is 2.63 bits per heavy atom. The van der Waals surface area contributed by atoms with Gasteiger partial charge >= 0.3 is 0 Å². The molecule has 0 atom stereocenters. The number of pyridine rings is 1. The topological polar surface area (TPSA) is 84.0 Å². The highest BCUT2D eigenvalue weighted by atomic mass is 32.1. The molecule has 152 valence electrons. The van der Waals surface area contributed by atoms with E-state index in [1.807, 2.05) is 50.2 Å². The molecule has 0 fully saturated rings. The largest absolute Gasteiger partial charge is 0.351 e. The molecule has 0 aliphatic carbocycles. The van der Waals surface area contributed by atoms with Crippen LogP contribution in [0.3, 0.4) is 0 Å². The molecule has 0 aliphatic rings. The predicted molar refractivity (Wildman–Crippen MR) is 122 cm³/mol. The van der Waals surface area contributed by atoms with Crippen molar-refractivity contribution >= 4 is 50.5 Å². The Hall–Kier alpha value is -3.10. The van der Waals surface area contributed by atoms with Crippen molar-refractivity contribution in [3.05, 3.63) is 63.5 Å². The summed E-state index contributed by atoms with van der Waals surface area (Å²) in [6.07, 6.45) is 0. The lowest BCUT2D eigenvalue weighted by molar-refractivity contribution is -0.119. The van der Waals surface area contributed by atoms with E-state index in [0.29, 0.717) is 17.2 Å².